The van der Waals surface area contributed by atoms with Crippen LogP contribution in [0.2, 0.25) is 0 Å². The first-order valence-corrected chi connectivity index (χ1v) is 9.71. The first kappa shape index (κ1) is 17.8. The number of hydrogen-bond donors (Lipinski definition) is 1. The first-order chi connectivity index (χ1) is 13.1. The van der Waals surface area contributed by atoms with E-state index in [0.29, 0.717) is 11.5 Å². The van der Waals surface area contributed by atoms with Crippen molar-refractivity contribution >= 4 is 5.91 Å². The van der Waals surface area contributed by atoms with Crippen LogP contribution in [0.4, 0.5) is 0 Å². The molecule has 138 valence electrons. The molecule has 1 N–H and O–H groups in total. The molecule has 1 saturated carbocycles. The van der Waals surface area contributed by atoms with Crippen molar-refractivity contribution in [1.82, 2.24) is 10.2 Å². The van der Waals surface area contributed by atoms with Gasteiger partial charge in [-0.1, -0.05) is 42.0 Å². The predicted octanol–water partition coefficient (Wildman–Crippen LogP) is 3.36. The summed E-state index contributed by atoms with van der Waals surface area (Å²) in [5, 5.41) is 12.4. The number of hydrogen-bond acceptors (Lipinski definition) is 3. The van der Waals surface area contributed by atoms with E-state index in [-0.39, 0.29) is 17.9 Å². The molecule has 1 aliphatic heterocycles. The Hall–Kier alpha value is -2.64. The largest absolute Gasteiger partial charge is 0.351 e. The number of likely N-dealkylation sites (tertiary alicyclic amines) is 1. The topological polar surface area (TPSA) is 56.1 Å². The quantitative estimate of drug-likeness (QED) is 0.891. The maximum absolute atomic E-state index is 12.4. The van der Waals surface area contributed by atoms with Crippen LogP contribution in [0.15, 0.2) is 48.5 Å². The van der Waals surface area contributed by atoms with Crippen molar-refractivity contribution in [2.24, 2.45) is 5.92 Å². The number of carbonyl (C=O) groups excluding carboxylic acids is 1. The summed E-state index contributed by atoms with van der Waals surface area (Å²) >= 11 is 0. The number of rotatable bonds is 5. The highest BCUT2D eigenvalue weighted by Gasteiger charge is 2.38. The van der Waals surface area contributed by atoms with Gasteiger partial charge in [0, 0.05) is 37.5 Å². The van der Waals surface area contributed by atoms with Crippen LogP contribution in [0.25, 0.3) is 0 Å². The summed E-state index contributed by atoms with van der Waals surface area (Å²) in [6.07, 6.45) is 2.05. The average Bonchev–Trinajstić information content (AvgIpc) is 3.46. The van der Waals surface area contributed by atoms with E-state index in [1.807, 2.05) is 18.2 Å². The zero-order valence-corrected chi connectivity index (χ0v) is 15.7. The lowest BCUT2D eigenvalue weighted by Crippen LogP contribution is -2.40. The van der Waals surface area contributed by atoms with E-state index in [1.165, 1.54) is 11.1 Å². The molecule has 0 bridgehead atoms. The van der Waals surface area contributed by atoms with E-state index >= 15 is 0 Å². The van der Waals surface area contributed by atoms with E-state index in [4.69, 9.17) is 5.26 Å². The molecule has 2 fully saturated rings. The molecule has 2 aliphatic rings. The van der Waals surface area contributed by atoms with Gasteiger partial charge in [-0.05, 0) is 43.0 Å². The maximum Gasteiger partial charge on any atom is 0.223 e. The lowest BCUT2D eigenvalue weighted by atomic mass is 9.93. The number of benzene rings is 2. The number of carbonyl (C=O) groups is 1. The van der Waals surface area contributed by atoms with Crippen molar-refractivity contribution in [3.63, 3.8) is 0 Å². The molecule has 0 radical (unpaired) electrons. The SMILES string of the molecule is Cc1ccc([C@@H]2CN(Cc3cccc(C#N)c3)C[C@H]2NC(=O)C2CC2)cc1. The molecular weight excluding hydrogens is 334 g/mol. The predicted molar refractivity (Wildman–Crippen MR) is 105 cm³/mol. The third-order valence-electron chi connectivity index (χ3n) is 5.64. The minimum Gasteiger partial charge on any atom is -0.351 e. The van der Waals surface area contributed by atoms with Gasteiger partial charge in [0.1, 0.15) is 0 Å². The van der Waals surface area contributed by atoms with Gasteiger partial charge in [0.05, 0.1) is 11.6 Å². The second-order valence-electron chi connectivity index (χ2n) is 7.91. The molecular formula is C23H25N3O. The fraction of sp³-hybridized carbons (Fsp3) is 0.391. The highest BCUT2D eigenvalue weighted by atomic mass is 16.2. The van der Waals surface area contributed by atoms with E-state index in [1.54, 1.807) is 0 Å². The molecule has 2 atom stereocenters. The van der Waals surface area contributed by atoms with Crippen LogP contribution in [-0.2, 0) is 11.3 Å². The van der Waals surface area contributed by atoms with Crippen molar-refractivity contribution in [1.29, 1.82) is 5.26 Å². The van der Waals surface area contributed by atoms with Gasteiger partial charge in [0.15, 0.2) is 0 Å². The van der Waals surface area contributed by atoms with Crippen LogP contribution in [0, 0.1) is 24.2 Å². The Morgan fingerprint density at radius 3 is 2.67 bits per heavy atom. The molecule has 0 aromatic heterocycles. The Balaban J connectivity index is 1.51. The maximum atomic E-state index is 12.4. The molecule has 1 heterocycles. The minimum atomic E-state index is 0.139. The zero-order chi connectivity index (χ0) is 18.8. The number of nitrogens with zero attached hydrogens (tertiary/aromatic N) is 2. The summed E-state index contributed by atoms with van der Waals surface area (Å²) in [4.78, 5) is 14.8. The van der Waals surface area contributed by atoms with Gasteiger partial charge in [-0.2, -0.15) is 5.26 Å². The summed E-state index contributed by atoms with van der Waals surface area (Å²) in [5.74, 6) is 0.739. The lowest BCUT2D eigenvalue weighted by Gasteiger charge is -2.20. The van der Waals surface area contributed by atoms with Crippen LogP contribution >= 0.6 is 0 Å². The summed E-state index contributed by atoms with van der Waals surface area (Å²) in [6, 6.07) is 18.8. The zero-order valence-electron chi connectivity index (χ0n) is 15.7. The molecule has 1 aliphatic carbocycles. The van der Waals surface area contributed by atoms with Crippen molar-refractivity contribution in [2.45, 2.75) is 38.3 Å². The molecule has 2 aromatic carbocycles. The molecule has 4 heteroatoms. The van der Waals surface area contributed by atoms with Gasteiger partial charge in [-0.15, -0.1) is 0 Å². The monoisotopic (exact) mass is 359 g/mol. The van der Waals surface area contributed by atoms with Gasteiger partial charge < -0.3 is 5.32 Å². The van der Waals surface area contributed by atoms with Crippen LogP contribution in [0.5, 0.6) is 0 Å². The van der Waals surface area contributed by atoms with E-state index in [0.717, 1.165) is 38.0 Å². The fourth-order valence-corrected chi connectivity index (χ4v) is 3.96. The fourth-order valence-electron chi connectivity index (χ4n) is 3.96. The van der Waals surface area contributed by atoms with Crippen molar-refractivity contribution in [2.75, 3.05) is 13.1 Å². The molecule has 0 spiro atoms. The Morgan fingerprint density at radius 1 is 1.19 bits per heavy atom. The summed E-state index contributed by atoms with van der Waals surface area (Å²) in [7, 11) is 0. The molecule has 0 unspecified atom stereocenters. The second kappa shape index (κ2) is 7.54. The highest BCUT2D eigenvalue weighted by molar-refractivity contribution is 5.81. The second-order valence-corrected chi connectivity index (χ2v) is 7.91. The minimum absolute atomic E-state index is 0.139. The van der Waals surface area contributed by atoms with Crippen LogP contribution in [0.3, 0.4) is 0 Å². The average molecular weight is 359 g/mol. The summed E-state index contributed by atoms with van der Waals surface area (Å²) in [5.41, 5.74) is 4.38. The van der Waals surface area contributed by atoms with Gasteiger partial charge in [-0.3, -0.25) is 9.69 Å². The van der Waals surface area contributed by atoms with Gasteiger partial charge in [0.25, 0.3) is 0 Å². The molecule has 1 amide bonds. The number of nitrogens with one attached hydrogen (secondary N) is 1. The number of nitriles is 1. The van der Waals surface area contributed by atoms with Crippen molar-refractivity contribution in [3.05, 3.63) is 70.8 Å². The van der Waals surface area contributed by atoms with E-state index in [2.05, 4.69) is 53.5 Å². The molecule has 27 heavy (non-hydrogen) atoms. The van der Waals surface area contributed by atoms with Gasteiger partial charge >= 0.3 is 0 Å². The smallest absolute Gasteiger partial charge is 0.223 e. The van der Waals surface area contributed by atoms with Gasteiger partial charge in [-0.25, -0.2) is 0 Å². The van der Waals surface area contributed by atoms with E-state index < -0.39 is 0 Å². The Morgan fingerprint density at radius 2 is 1.96 bits per heavy atom. The number of aryl methyl sites for hydroxylation is 1. The molecule has 4 nitrogen and oxygen atoms in total. The lowest BCUT2D eigenvalue weighted by molar-refractivity contribution is -0.123. The molecule has 4 rings (SSSR count). The van der Waals surface area contributed by atoms with Crippen molar-refractivity contribution < 1.29 is 4.79 Å². The van der Waals surface area contributed by atoms with Crippen LogP contribution in [0.1, 0.15) is 41.0 Å². The standard InChI is InChI=1S/C23H25N3O/c1-16-5-7-19(8-6-16)21-14-26(13-18-4-2-3-17(11-18)12-24)15-22(21)25-23(27)20-9-10-20/h2-8,11,20-22H,9-10,13-15H2,1H3,(H,25,27)/t21-,22+/m0/s1. The van der Waals surface area contributed by atoms with Crippen molar-refractivity contribution in [3.8, 4) is 6.07 Å². The first-order valence-electron chi connectivity index (χ1n) is 9.71. The molecule has 1 saturated heterocycles. The van der Waals surface area contributed by atoms with E-state index in [9.17, 15) is 4.79 Å². The van der Waals surface area contributed by atoms with Crippen LogP contribution < -0.4 is 5.32 Å². The normalized spacial score (nSPS) is 22.4. The third-order valence-corrected chi connectivity index (χ3v) is 5.64. The Kier molecular flexibility index (Phi) is 4.96. The molecule has 2 aromatic rings. The number of amides is 1. The highest BCUT2D eigenvalue weighted by Crippen LogP contribution is 2.32. The third kappa shape index (κ3) is 4.20. The summed E-state index contributed by atoms with van der Waals surface area (Å²) in [6.45, 7) is 4.65. The summed E-state index contributed by atoms with van der Waals surface area (Å²) < 4.78 is 0. The van der Waals surface area contributed by atoms with Crippen LogP contribution in [-0.4, -0.2) is 29.9 Å². The Bertz CT molecular complexity index is 864. The Labute approximate surface area is 160 Å². The van der Waals surface area contributed by atoms with Gasteiger partial charge in [0.2, 0.25) is 5.91 Å².